The Morgan fingerprint density at radius 2 is 2.08 bits per heavy atom. The van der Waals surface area contributed by atoms with Gasteiger partial charge in [0.2, 0.25) is 5.43 Å². The van der Waals surface area contributed by atoms with Crippen molar-refractivity contribution in [3.05, 3.63) is 57.5 Å². The zero-order valence-electron chi connectivity index (χ0n) is 12.5. The molecule has 2 rings (SSSR count). The molecule has 0 bridgehead atoms. The third-order valence-corrected chi connectivity index (χ3v) is 3.09. The van der Waals surface area contributed by atoms with Crippen LogP contribution in [0.25, 0.3) is 5.69 Å². The van der Waals surface area contributed by atoms with Crippen molar-refractivity contribution in [3.63, 3.8) is 0 Å². The van der Waals surface area contributed by atoms with Crippen molar-refractivity contribution in [3.8, 4) is 18.0 Å². The summed E-state index contributed by atoms with van der Waals surface area (Å²) in [4.78, 5) is 23.8. The SMILES string of the molecule is C#CCNC(=O)c1nn(-c2cccc(C(F)(F)F)c2)c(C)cc1=O. The normalized spacial score (nSPS) is 11.0. The van der Waals surface area contributed by atoms with Crippen molar-refractivity contribution in [2.24, 2.45) is 0 Å². The number of terminal acetylenes is 1. The number of carbonyl (C=O) groups is 1. The Bertz CT molecular complexity index is 879. The highest BCUT2D eigenvalue weighted by Gasteiger charge is 2.30. The molecule has 0 radical (unpaired) electrons. The van der Waals surface area contributed by atoms with Gasteiger partial charge in [-0.3, -0.25) is 9.59 Å². The van der Waals surface area contributed by atoms with Crippen LogP contribution in [0.15, 0.2) is 35.1 Å². The van der Waals surface area contributed by atoms with E-state index < -0.39 is 28.8 Å². The summed E-state index contributed by atoms with van der Waals surface area (Å²) in [5.74, 6) is 1.38. The predicted octanol–water partition coefficient (Wildman–Crippen LogP) is 1.92. The summed E-state index contributed by atoms with van der Waals surface area (Å²) >= 11 is 0. The minimum atomic E-state index is -4.52. The molecule has 0 aliphatic heterocycles. The molecule has 1 amide bonds. The van der Waals surface area contributed by atoms with Gasteiger partial charge in [0.15, 0.2) is 5.69 Å². The number of carbonyl (C=O) groups excluding carboxylic acids is 1. The Morgan fingerprint density at radius 1 is 1.38 bits per heavy atom. The van der Waals surface area contributed by atoms with E-state index >= 15 is 0 Å². The van der Waals surface area contributed by atoms with Gasteiger partial charge < -0.3 is 5.32 Å². The number of hydrogen-bond donors (Lipinski definition) is 1. The van der Waals surface area contributed by atoms with Gasteiger partial charge in [0.05, 0.1) is 17.8 Å². The molecule has 0 spiro atoms. The molecule has 1 aromatic heterocycles. The van der Waals surface area contributed by atoms with Crippen LogP contribution in [0.3, 0.4) is 0 Å². The maximum Gasteiger partial charge on any atom is 0.416 e. The van der Waals surface area contributed by atoms with E-state index in [2.05, 4.69) is 16.3 Å². The van der Waals surface area contributed by atoms with E-state index in [1.165, 1.54) is 19.1 Å². The first-order valence-corrected chi connectivity index (χ1v) is 6.74. The second-order valence-corrected chi connectivity index (χ2v) is 4.85. The molecule has 0 atom stereocenters. The van der Waals surface area contributed by atoms with E-state index in [4.69, 9.17) is 6.42 Å². The van der Waals surface area contributed by atoms with Gasteiger partial charge in [0.1, 0.15) is 0 Å². The van der Waals surface area contributed by atoms with E-state index in [0.717, 1.165) is 22.9 Å². The van der Waals surface area contributed by atoms with Crippen LogP contribution in [0.1, 0.15) is 21.7 Å². The molecule has 124 valence electrons. The summed E-state index contributed by atoms with van der Waals surface area (Å²) in [6, 6.07) is 5.53. The van der Waals surface area contributed by atoms with Crippen molar-refractivity contribution in [2.75, 3.05) is 6.54 Å². The average Bonchev–Trinajstić information content (AvgIpc) is 2.52. The van der Waals surface area contributed by atoms with E-state index in [9.17, 15) is 22.8 Å². The lowest BCUT2D eigenvalue weighted by molar-refractivity contribution is -0.137. The first kappa shape index (κ1) is 17.3. The molecule has 24 heavy (non-hydrogen) atoms. The quantitative estimate of drug-likeness (QED) is 0.872. The number of nitrogens with zero attached hydrogens (tertiary/aromatic N) is 2. The van der Waals surface area contributed by atoms with Crippen molar-refractivity contribution < 1.29 is 18.0 Å². The molecule has 1 N–H and O–H groups in total. The summed E-state index contributed by atoms with van der Waals surface area (Å²) in [6.07, 6.45) is 0.502. The molecule has 0 aliphatic rings. The number of benzene rings is 1. The molecule has 0 saturated heterocycles. The third-order valence-electron chi connectivity index (χ3n) is 3.09. The van der Waals surface area contributed by atoms with E-state index in [0.29, 0.717) is 0 Å². The molecule has 1 heterocycles. The van der Waals surface area contributed by atoms with E-state index in [1.807, 2.05) is 0 Å². The van der Waals surface area contributed by atoms with Gasteiger partial charge in [-0.1, -0.05) is 12.0 Å². The molecule has 8 heteroatoms. The van der Waals surface area contributed by atoms with E-state index in [1.54, 1.807) is 0 Å². The smallest absolute Gasteiger partial charge is 0.340 e. The van der Waals surface area contributed by atoms with Crippen molar-refractivity contribution >= 4 is 5.91 Å². The number of alkyl halides is 3. The average molecular weight is 335 g/mol. The maximum atomic E-state index is 12.8. The van der Waals surface area contributed by atoms with E-state index in [-0.39, 0.29) is 17.9 Å². The Hall–Kier alpha value is -3.08. The summed E-state index contributed by atoms with van der Waals surface area (Å²) in [6.45, 7) is 1.40. The predicted molar refractivity (Wildman–Crippen MR) is 80.7 cm³/mol. The Kier molecular flexibility index (Phi) is 4.74. The van der Waals surface area contributed by atoms with Crippen LogP contribution in [0.5, 0.6) is 0 Å². The van der Waals surface area contributed by atoms with Gasteiger partial charge in [0.25, 0.3) is 5.91 Å². The number of halogens is 3. The largest absolute Gasteiger partial charge is 0.416 e. The molecular formula is C16H12F3N3O2. The zero-order chi connectivity index (χ0) is 17.9. The molecule has 2 aromatic rings. The van der Waals surface area contributed by atoms with Gasteiger partial charge in [0, 0.05) is 11.8 Å². The minimum Gasteiger partial charge on any atom is -0.340 e. The lowest BCUT2D eigenvalue weighted by atomic mass is 10.2. The number of aryl methyl sites for hydroxylation is 1. The van der Waals surface area contributed by atoms with Crippen LogP contribution in [-0.4, -0.2) is 22.2 Å². The van der Waals surface area contributed by atoms with Crippen LogP contribution in [-0.2, 0) is 6.18 Å². The first-order valence-electron chi connectivity index (χ1n) is 6.74. The molecule has 0 fully saturated rings. The maximum absolute atomic E-state index is 12.8. The van der Waals surface area contributed by atoms with Gasteiger partial charge in [-0.05, 0) is 25.1 Å². The second kappa shape index (κ2) is 6.58. The van der Waals surface area contributed by atoms with Crippen molar-refractivity contribution in [2.45, 2.75) is 13.1 Å². The highest BCUT2D eigenvalue weighted by atomic mass is 19.4. The minimum absolute atomic E-state index is 0.0772. The number of nitrogens with one attached hydrogen (secondary N) is 1. The van der Waals surface area contributed by atoms with Gasteiger partial charge in [-0.25, -0.2) is 4.68 Å². The summed E-state index contributed by atoms with van der Waals surface area (Å²) in [5, 5.41) is 6.17. The monoisotopic (exact) mass is 335 g/mol. The van der Waals surface area contributed by atoms with Crippen LogP contribution in [0.2, 0.25) is 0 Å². The molecule has 0 saturated carbocycles. The molecule has 1 aromatic carbocycles. The topological polar surface area (TPSA) is 64.0 Å². The Morgan fingerprint density at radius 3 is 2.71 bits per heavy atom. The molecule has 0 aliphatic carbocycles. The number of hydrogen-bond acceptors (Lipinski definition) is 3. The Labute approximate surface area is 135 Å². The van der Waals surface area contributed by atoms with Crippen LogP contribution < -0.4 is 10.7 Å². The summed E-state index contributed by atoms with van der Waals surface area (Å²) < 4.78 is 39.6. The zero-order valence-corrected chi connectivity index (χ0v) is 12.5. The molecule has 5 nitrogen and oxygen atoms in total. The summed E-state index contributed by atoms with van der Waals surface area (Å²) in [5.41, 5.74) is -1.60. The Balaban J connectivity index is 2.54. The van der Waals surface area contributed by atoms with Crippen LogP contribution in [0, 0.1) is 19.3 Å². The molecular weight excluding hydrogens is 323 g/mol. The number of rotatable bonds is 3. The van der Waals surface area contributed by atoms with Gasteiger partial charge in [-0.2, -0.15) is 18.3 Å². The standard InChI is InChI=1S/C16H12F3N3O2/c1-3-7-20-15(24)14-13(23)8-10(2)22(21-14)12-6-4-5-11(9-12)16(17,18)19/h1,4-6,8-9H,7H2,2H3,(H,20,24). The lowest BCUT2D eigenvalue weighted by Crippen LogP contribution is -2.32. The van der Waals surface area contributed by atoms with Crippen molar-refractivity contribution in [1.29, 1.82) is 0 Å². The van der Waals surface area contributed by atoms with Gasteiger partial charge >= 0.3 is 6.18 Å². The third kappa shape index (κ3) is 3.63. The highest BCUT2D eigenvalue weighted by molar-refractivity contribution is 5.92. The number of aromatic nitrogens is 2. The number of amides is 1. The molecule has 0 unspecified atom stereocenters. The highest BCUT2D eigenvalue weighted by Crippen LogP contribution is 2.30. The van der Waals surface area contributed by atoms with Crippen LogP contribution in [0.4, 0.5) is 13.2 Å². The van der Waals surface area contributed by atoms with Gasteiger partial charge in [-0.15, -0.1) is 6.42 Å². The fraction of sp³-hybridized carbons (Fsp3) is 0.188. The fourth-order valence-electron chi connectivity index (χ4n) is 2.00. The lowest BCUT2D eigenvalue weighted by Gasteiger charge is -2.13. The van der Waals surface area contributed by atoms with Crippen LogP contribution >= 0.6 is 0 Å². The first-order chi connectivity index (χ1) is 11.2. The fourth-order valence-corrected chi connectivity index (χ4v) is 2.00. The summed E-state index contributed by atoms with van der Waals surface area (Å²) in [7, 11) is 0. The van der Waals surface area contributed by atoms with Crippen molar-refractivity contribution in [1.82, 2.24) is 15.1 Å². The second-order valence-electron chi connectivity index (χ2n) is 4.85.